The standard InChI is InChI=1S/C13H17N3O3S/c1-10(11-5-3-4-6-12(11)19-2)7-16-20(17,18)13-8-14-9-15-13/h3-6,8-10,16H,7H2,1-2H3,(H,14,15). The Kier molecular flexibility index (Phi) is 4.41. The molecule has 2 aromatic rings. The molecule has 0 bridgehead atoms. The highest BCUT2D eigenvalue weighted by molar-refractivity contribution is 7.89. The Balaban J connectivity index is 2.07. The van der Waals surface area contributed by atoms with Crippen LogP contribution in [0.1, 0.15) is 18.4 Å². The first-order valence-electron chi connectivity index (χ1n) is 6.15. The SMILES string of the molecule is COc1ccccc1C(C)CNS(=O)(=O)c1cnc[nH]1. The van der Waals surface area contributed by atoms with Gasteiger partial charge in [0.1, 0.15) is 5.75 Å². The van der Waals surface area contributed by atoms with Crippen LogP contribution in [0.2, 0.25) is 0 Å². The number of ether oxygens (including phenoxy) is 1. The number of H-pyrrole nitrogens is 1. The van der Waals surface area contributed by atoms with Crippen LogP contribution in [0.4, 0.5) is 0 Å². The van der Waals surface area contributed by atoms with Gasteiger partial charge in [-0.15, -0.1) is 0 Å². The van der Waals surface area contributed by atoms with Crippen molar-refractivity contribution >= 4 is 10.0 Å². The van der Waals surface area contributed by atoms with E-state index >= 15 is 0 Å². The van der Waals surface area contributed by atoms with Crippen molar-refractivity contribution in [1.29, 1.82) is 0 Å². The van der Waals surface area contributed by atoms with Crippen LogP contribution in [0.3, 0.4) is 0 Å². The van der Waals surface area contributed by atoms with E-state index in [0.717, 1.165) is 11.3 Å². The van der Waals surface area contributed by atoms with Crippen LogP contribution in [0.5, 0.6) is 5.75 Å². The molecule has 6 nitrogen and oxygen atoms in total. The lowest BCUT2D eigenvalue weighted by molar-refractivity contribution is 0.406. The van der Waals surface area contributed by atoms with E-state index in [2.05, 4.69) is 14.7 Å². The number of imidazole rings is 1. The van der Waals surface area contributed by atoms with Crippen LogP contribution in [0.15, 0.2) is 41.8 Å². The maximum atomic E-state index is 12.0. The summed E-state index contributed by atoms with van der Waals surface area (Å²) in [5, 5.41) is 0.0599. The first-order valence-corrected chi connectivity index (χ1v) is 7.64. The lowest BCUT2D eigenvalue weighted by Gasteiger charge is -2.16. The summed E-state index contributed by atoms with van der Waals surface area (Å²) in [4.78, 5) is 6.28. The second kappa shape index (κ2) is 6.06. The first kappa shape index (κ1) is 14.5. The van der Waals surface area contributed by atoms with Gasteiger partial charge in [-0.1, -0.05) is 25.1 Å². The Bertz CT molecular complexity index is 653. The lowest BCUT2D eigenvalue weighted by Crippen LogP contribution is -2.28. The summed E-state index contributed by atoms with van der Waals surface area (Å²) in [6.07, 6.45) is 2.61. The summed E-state index contributed by atoms with van der Waals surface area (Å²) >= 11 is 0. The summed E-state index contributed by atoms with van der Waals surface area (Å²) in [6, 6.07) is 7.56. The monoisotopic (exact) mass is 295 g/mol. The van der Waals surface area contributed by atoms with Crippen molar-refractivity contribution in [1.82, 2.24) is 14.7 Å². The van der Waals surface area contributed by atoms with Crippen molar-refractivity contribution in [2.24, 2.45) is 0 Å². The molecule has 1 aromatic carbocycles. The quantitative estimate of drug-likeness (QED) is 0.846. The van der Waals surface area contributed by atoms with E-state index in [-0.39, 0.29) is 17.5 Å². The Labute approximate surface area is 118 Å². The van der Waals surface area contributed by atoms with Gasteiger partial charge in [0, 0.05) is 6.54 Å². The summed E-state index contributed by atoms with van der Waals surface area (Å²) in [7, 11) is -1.95. The number of sulfonamides is 1. The molecule has 0 saturated heterocycles. The van der Waals surface area contributed by atoms with E-state index in [1.165, 1.54) is 12.5 Å². The van der Waals surface area contributed by atoms with Crippen LogP contribution in [-0.2, 0) is 10.0 Å². The van der Waals surface area contributed by atoms with Gasteiger partial charge in [-0.2, -0.15) is 0 Å². The maximum absolute atomic E-state index is 12.0. The van der Waals surface area contributed by atoms with Gasteiger partial charge in [-0.25, -0.2) is 18.1 Å². The van der Waals surface area contributed by atoms with Crippen molar-refractivity contribution in [3.63, 3.8) is 0 Å². The molecule has 0 spiro atoms. The second-order valence-electron chi connectivity index (χ2n) is 4.41. The number of aromatic nitrogens is 2. The molecule has 2 N–H and O–H groups in total. The predicted octanol–water partition coefficient (Wildman–Crippen LogP) is 1.50. The minimum absolute atomic E-state index is 0.0103. The Morgan fingerprint density at radius 3 is 2.80 bits per heavy atom. The number of aromatic amines is 1. The number of hydrogen-bond donors (Lipinski definition) is 2. The number of hydrogen-bond acceptors (Lipinski definition) is 4. The van der Waals surface area contributed by atoms with Gasteiger partial charge in [-0.05, 0) is 17.5 Å². The molecule has 0 fully saturated rings. The van der Waals surface area contributed by atoms with Crippen LogP contribution < -0.4 is 9.46 Å². The predicted molar refractivity (Wildman–Crippen MR) is 75.2 cm³/mol. The van der Waals surface area contributed by atoms with Crippen LogP contribution in [0.25, 0.3) is 0 Å². The molecule has 1 atom stereocenters. The van der Waals surface area contributed by atoms with Gasteiger partial charge >= 0.3 is 0 Å². The number of para-hydroxylation sites is 1. The van der Waals surface area contributed by atoms with Gasteiger partial charge in [0.2, 0.25) is 0 Å². The molecule has 0 amide bonds. The third-order valence-electron chi connectivity index (χ3n) is 3.01. The first-order chi connectivity index (χ1) is 9.54. The fourth-order valence-corrected chi connectivity index (χ4v) is 2.92. The topological polar surface area (TPSA) is 84.1 Å². The number of nitrogens with zero attached hydrogens (tertiary/aromatic N) is 1. The van der Waals surface area contributed by atoms with Crippen molar-refractivity contribution < 1.29 is 13.2 Å². The Morgan fingerprint density at radius 2 is 2.15 bits per heavy atom. The fourth-order valence-electron chi connectivity index (χ4n) is 1.89. The van der Waals surface area contributed by atoms with E-state index in [1.54, 1.807) is 7.11 Å². The summed E-state index contributed by atoms with van der Waals surface area (Å²) in [5.74, 6) is 0.740. The van der Waals surface area contributed by atoms with Gasteiger partial charge in [-0.3, -0.25) is 0 Å². The highest BCUT2D eigenvalue weighted by Crippen LogP contribution is 2.25. The molecule has 0 radical (unpaired) electrons. The third kappa shape index (κ3) is 3.17. The largest absolute Gasteiger partial charge is 0.496 e. The smallest absolute Gasteiger partial charge is 0.257 e. The minimum atomic E-state index is -3.55. The zero-order valence-electron chi connectivity index (χ0n) is 11.3. The minimum Gasteiger partial charge on any atom is -0.496 e. The van der Waals surface area contributed by atoms with E-state index in [9.17, 15) is 8.42 Å². The van der Waals surface area contributed by atoms with Crippen molar-refractivity contribution in [3.05, 3.63) is 42.4 Å². The van der Waals surface area contributed by atoms with Crippen molar-refractivity contribution in [2.45, 2.75) is 17.9 Å². The molecule has 2 rings (SSSR count). The van der Waals surface area contributed by atoms with Crippen LogP contribution in [0, 0.1) is 0 Å². The average molecular weight is 295 g/mol. The number of nitrogens with one attached hydrogen (secondary N) is 2. The van der Waals surface area contributed by atoms with E-state index < -0.39 is 10.0 Å². The van der Waals surface area contributed by atoms with E-state index in [4.69, 9.17) is 4.74 Å². The molecule has 20 heavy (non-hydrogen) atoms. The Morgan fingerprint density at radius 1 is 1.40 bits per heavy atom. The molecule has 7 heteroatoms. The number of rotatable bonds is 6. The van der Waals surface area contributed by atoms with Crippen LogP contribution >= 0.6 is 0 Å². The van der Waals surface area contributed by atoms with Crippen molar-refractivity contribution in [2.75, 3.05) is 13.7 Å². The fraction of sp³-hybridized carbons (Fsp3) is 0.308. The zero-order chi connectivity index (χ0) is 14.6. The number of benzene rings is 1. The van der Waals surface area contributed by atoms with E-state index in [1.807, 2.05) is 31.2 Å². The molecule has 0 aliphatic carbocycles. The zero-order valence-corrected chi connectivity index (χ0v) is 12.1. The van der Waals surface area contributed by atoms with Gasteiger partial charge < -0.3 is 9.72 Å². The molecule has 108 valence electrons. The molecular weight excluding hydrogens is 278 g/mol. The van der Waals surface area contributed by atoms with Gasteiger partial charge in [0.15, 0.2) is 5.03 Å². The highest BCUT2D eigenvalue weighted by Gasteiger charge is 2.18. The highest BCUT2D eigenvalue weighted by atomic mass is 32.2. The van der Waals surface area contributed by atoms with Gasteiger partial charge in [0.05, 0.1) is 19.6 Å². The average Bonchev–Trinajstić information content (AvgIpc) is 3.00. The Hall–Kier alpha value is -1.86. The summed E-state index contributed by atoms with van der Waals surface area (Å²) in [5.41, 5.74) is 0.960. The normalized spacial score (nSPS) is 13.1. The molecule has 1 heterocycles. The lowest BCUT2D eigenvalue weighted by atomic mass is 10.0. The molecule has 1 unspecified atom stereocenters. The second-order valence-corrected chi connectivity index (χ2v) is 6.15. The molecule has 0 aliphatic heterocycles. The third-order valence-corrected chi connectivity index (χ3v) is 4.36. The molecule has 0 aliphatic rings. The maximum Gasteiger partial charge on any atom is 0.257 e. The molecule has 1 aromatic heterocycles. The summed E-state index contributed by atoms with van der Waals surface area (Å²) in [6.45, 7) is 2.22. The van der Waals surface area contributed by atoms with Crippen molar-refractivity contribution in [3.8, 4) is 5.75 Å². The van der Waals surface area contributed by atoms with E-state index in [0.29, 0.717) is 0 Å². The van der Waals surface area contributed by atoms with Gasteiger partial charge in [0.25, 0.3) is 10.0 Å². The van der Waals surface area contributed by atoms with Crippen LogP contribution in [-0.4, -0.2) is 32.0 Å². The molecular formula is C13H17N3O3S. The molecule has 0 saturated carbocycles. The number of methoxy groups -OCH3 is 1. The summed E-state index contributed by atoms with van der Waals surface area (Å²) < 4.78 is 31.8.